The number of nitrogens with zero attached hydrogens (tertiary/aromatic N) is 1. The van der Waals surface area contributed by atoms with Crippen molar-refractivity contribution in [3.05, 3.63) is 35.5 Å². The quantitative estimate of drug-likeness (QED) is 0.871. The zero-order valence-corrected chi connectivity index (χ0v) is 10.9. The lowest BCUT2D eigenvalue weighted by Crippen LogP contribution is -2.36. The molecule has 0 aliphatic rings. The number of aliphatic carboxylic acids is 1. The number of benzene rings is 1. The third kappa shape index (κ3) is 1.88. The minimum Gasteiger partial charge on any atom is -0.481 e. The summed E-state index contributed by atoms with van der Waals surface area (Å²) in [5.74, 6) is -0.882. The maximum absolute atomic E-state index is 11.0. The molecule has 0 spiro atoms. The molecule has 0 amide bonds. The Kier molecular flexibility index (Phi) is 2.91. The van der Waals surface area contributed by atoms with Crippen molar-refractivity contribution in [1.82, 2.24) is 4.57 Å². The highest BCUT2D eigenvalue weighted by molar-refractivity contribution is 5.87. The highest BCUT2D eigenvalue weighted by atomic mass is 16.4. The Morgan fingerprint density at radius 2 is 2.06 bits per heavy atom. The molecule has 1 aromatic carbocycles. The van der Waals surface area contributed by atoms with E-state index in [4.69, 9.17) is 10.8 Å². The van der Waals surface area contributed by atoms with Crippen molar-refractivity contribution in [1.29, 1.82) is 0 Å². The number of carboxylic acid groups (broad SMARTS) is 1. The molecule has 2 rings (SSSR count). The van der Waals surface area contributed by atoms with Gasteiger partial charge < -0.3 is 15.4 Å². The van der Waals surface area contributed by atoms with Gasteiger partial charge in [0.05, 0.1) is 12.0 Å². The van der Waals surface area contributed by atoms with Crippen molar-refractivity contribution in [2.45, 2.75) is 25.8 Å². The molecule has 18 heavy (non-hydrogen) atoms. The number of hydrogen-bond donors (Lipinski definition) is 2. The molecule has 96 valence electrons. The maximum Gasteiger partial charge on any atom is 0.305 e. The molecule has 1 heterocycles. The Labute approximate surface area is 106 Å². The summed E-state index contributed by atoms with van der Waals surface area (Å²) in [6, 6.07) is 7.92. The Hall–Kier alpha value is -1.81. The molecule has 0 saturated heterocycles. The van der Waals surface area contributed by atoms with E-state index in [1.54, 1.807) is 6.92 Å². The Bertz CT molecular complexity index is 612. The number of carboxylic acids is 1. The van der Waals surface area contributed by atoms with Crippen molar-refractivity contribution in [3.63, 3.8) is 0 Å². The van der Waals surface area contributed by atoms with Crippen molar-refractivity contribution < 1.29 is 9.90 Å². The SMILES string of the molecule is Cc1c(C(C)(N)CC(=O)O)c2ccccc2n1C. The van der Waals surface area contributed by atoms with Gasteiger partial charge in [-0.15, -0.1) is 0 Å². The van der Waals surface area contributed by atoms with E-state index in [1.165, 1.54) is 0 Å². The third-order valence-electron chi connectivity index (χ3n) is 3.49. The normalized spacial score (nSPS) is 14.7. The van der Waals surface area contributed by atoms with Gasteiger partial charge in [0.2, 0.25) is 0 Å². The first kappa shape index (κ1) is 12.6. The van der Waals surface area contributed by atoms with Crippen molar-refractivity contribution in [3.8, 4) is 0 Å². The molecule has 0 aliphatic heterocycles. The lowest BCUT2D eigenvalue weighted by atomic mass is 9.87. The third-order valence-corrected chi connectivity index (χ3v) is 3.49. The smallest absolute Gasteiger partial charge is 0.305 e. The van der Waals surface area contributed by atoms with Crippen LogP contribution in [-0.4, -0.2) is 15.6 Å². The second-order valence-electron chi connectivity index (χ2n) is 5.02. The van der Waals surface area contributed by atoms with E-state index in [2.05, 4.69) is 4.57 Å². The van der Waals surface area contributed by atoms with Crippen LogP contribution in [0.1, 0.15) is 24.6 Å². The average molecular weight is 246 g/mol. The molecule has 0 radical (unpaired) electrons. The van der Waals surface area contributed by atoms with Gasteiger partial charge in [0, 0.05) is 29.2 Å². The molecule has 4 heteroatoms. The highest BCUT2D eigenvalue weighted by Gasteiger charge is 2.30. The van der Waals surface area contributed by atoms with Gasteiger partial charge in [-0.2, -0.15) is 0 Å². The number of nitrogens with two attached hydrogens (primary N) is 1. The molecule has 0 aliphatic carbocycles. The molecule has 0 fully saturated rings. The topological polar surface area (TPSA) is 68.2 Å². The van der Waals surface area contributed by atoms with Crippen LogP contribution in [0.2, 0.25) is 0 Å². The monoisotopic (exact) mass is 246 g/mol. The van der Waals surface area contributed by atoms with Gasteiger partial charge in [-0.05, 0) is 19.9 Å². The summed E-state index contributed by atoms with van der Waals surface area (Å²) in [4.78, 5) is 11.0. The van der Waals surface area contributed by atoms with E-state index in [1.807, 2.05) is 38.2 Å². The minimum atomic E-state index is -0.882. The summed E-state index contributed by atoms with van der Waals surface area (Å²) in [7, 11) is 1.97. The lowest BCUT2D eigenvalue weighted by molar-refractivity contribution is -0.138. The molecule has 1 unspecified atom stereocenters. The first-order chi connectivity index (χ1) is 8.34. The van der Waals surface area contributed by atoms with E-state index >= 15 is 0 Å². The van der Waals surface area contributed by atoms with Crippen LogP contribution < -0.4 is 5.73 Å². The summed E-state index contributed by atoms with van der Waals surface area (Å²) in [5.41, 5.74) is 8.37. The van der Waals surface area contributed by atoms with E-state index in [0.29, 0.717) is 0 Å². The number of fused-ring (bicyclic) bond motifs is 1. The molecule has 1 aromatic heterocycles. The van der Waals surface area contributed by atoms with Crippen molar-refractivity contribution in [2.24, 2.45) is 12.8 Å². The summed E-state index contributed by atoms with van der Waals surface area (Å²) in [6.45, 7) is 3.75. The van der Waals surface area contributed by atoms with Gasteiger partial charge in [-0.1, -0.05) is 18.2 Å². The molecule has 0 bridgehead atoms. The van der Waals surface area contributed by atoms with Crippen LogP contribution in [-0.2, 0) is 17.4 Å². The molecule has 1 atom stereocenters. The van der Waals surface area contributed by atoms with Gasteiger partial charge in [-0.3, -0.25) is 4.79 Å². The number of hydrogen-bond acceptors (Lipinski definition) is 2. The van der Waals surface area contributed by atoms with Gasteiger partial charge >= 0.3 is 5.97 Å². The second-order valence-corrected chi connectivity index (χ2v) is 5.02. The second kappa shape index (κ2) is 4.14. The van der Waals surface area contributed by atoms with Gasteiger partial charge in [0.25, 0.3) is 0 Å². The zero-order valence-electron chi connectivity index (χ0n) is 10.9. The zero-order chi connectivity index (χ0) is 13.5. The number of para-hydroxylation sites is 1. The number of aryl methyl sites for hydroxylation is 1. The van der Waals surface area contributed by atoms with Crippen LogP contribution in [0.15, 0.2) is 24.3 Å². The van der Waals surface area contributed by atoms with Crippen molar-refractivity contribution in [2.75, 3.05) is 0 Å². The predicted molar refractivity (Wildman–Crippen MR) is 71.4 cm³/mol. The lowest BCUT2D eigenvalue weighted by Gasteiger charge is -2.23. The standard InChI is InChI=1S/C14H18N2O2/c1-9-13(14(2,15)8-12(17)18)10-6-4-5-7-11(10)16(9)3/h4-7H,8,15H2,1-3H3,(H,17,18). The van der Waals surface area contributed by atoms with Crippen LogP contribution in [0, 0.1) is 6.92 Å². The summed E-state index contributed by atoms with van der Waals surface area (Å²) in [6.07, 6.45) is -0.0815. The molecular formula is C14H18N2O2. The van der Waals surface area contributed by atoms with Crippen LogP contribution in [0.3, 0.4) is 0 Å². The summed E-state index contributed by atoms with van der Waals surface area (Å²) in [5, 5.41) is 10.0. The van der Waals surface area contributed by atoms with Gasteiger partial charge in [-0.25, -0.2) is 0 Å². The molecular weight excluding hydrogens is 228 g/mol. The van der Waals surface area contributed by atoms with Gasteiger partial charge in [0.15, 0.2) is 0 Å². The summed E-state index contributed by atoms with van der Waals surface area (Å²) < 4.78 is 2.05. The van der Waals surface area contributed by atoms with Crippen LogP contribution in [0.4, 0.5) is 0 Å². The van der Waals surface area contributed by atoms with E-state index in [-0.39, 0.29) is 6.42 Å². The molecule has 3 N–H and O–H groups in total. The predicted octanol–water partition coefficient (Wildman–Crippen LogP) is 2.14. The molecule has 0 saturated carbocycles. The Morgan fingerprint density at radius 1 is 1.44 bits per heavy atom. The van der Waals surface area contributed by atoms with E-state index < -0.39 is 11.5 Å². The fourth-order valence-electron chi connectivity index (χ4n) is 2.64. The number of aromatic nitrogens is 1. The first-order valence-electron chi connectivity index (χ1n) is 5.90. The molecule has 2 aromatic rings. The number of carbonyl (C=O) groups is 1. The van der Waals surface area contributed by atoms with E-state index in [0.717, 1.165) is 22.2 Å². The van der Waals surface area contributed by atoms with Gasteiger partial charge in [0.1, 0.15) is 0 Å². The first-order valence-corrected chi connectivity index (χ1v) is 5.90. The van der Waals surface area contributed by atoms with Crippen LogP contribution in [0.5, 0.6) is 0 Å². The highest BCUT2D eigenvalue weighted by Crippen LogP contribution is 2.33. The largest absolute Gasteiger partial charge is 0.481 e. The van der Waals surface area contributed by atoms with E-state index in [9.17, 15) is 4.79 Å². The maximum atomic E-state index is 11.0. The average Bonchev–Trinajstić information content (AvgIpc) is 2.51. The number of rotatable bonds is 3. The minimum absolute atomic E-state index is 0.0815. The van der Waals surface area contributed by atoms with Crippen LogP contribution >= 0.6 is 0 Å². The Morgan fingerprint density at radius 3 is 2.67 bits per heavy atom. The van der Waals surface area contributed by atoms with Crippen molar-refractivity contribution >= 4 is 16.9 Å². The summed E-state index contributed by atoms with van der Waals surface area (Å²) >= 11 is 0. The Balaban J connectivity index is 2.71. The molecule has 4 nitrogen and oxygen atoms in total. The van der Waals surface area contributed by atoms with Crippen LogP contribution in [0.25, 0.3) is 10.9 Å². The fraction of sp³-hybridized carbons (Fsp3) is 0.357. The fourth-order valence-corrected chi connectivity index (χ4v) is 2.64.